The first-order valence-electron chi connectivity index (χ1n) is 6.93. The standard InChI is InChI=1S/C16H19NO4/c1-16(2,3)12-6-4-11(5-7-12)10-15(20)21-17-13(18)8-9-14(17)19/h4-7H,8-10H2,1-3H3. The number of amides is 2. The quantitative estimate of drug-likeness (QED) is 0.800. The number of benzene rings is 1. The summed E-state index contributed by atoms with van der Waals surface area (Å²) in [5.74, 6) is -1.53. The zero-order chi connectivity index (χ0) is 15.6. The zero-order valence-corrected chi connectivity index (χ0v) is 12.5. The van der Waals surface area contributed by atoms with E-state index in [9.17, 15) is 14.4 Å². The molecule has 0 aromatic heterocycles. The SMILES string of the molecule is CC(C)(C)c1ccc(CC(=O)ON2C(=O)CCC2=O)cc1. The van der Waals surface area contributed by atoms with E-state index in [-0.39, 0.29) is 24.7 Å². The number of hydroxylamine groups is 2. The van der Waals surface area contributed by atoms with Gasteiger partial charge in [0.1, 0.15) is 0 Å². The predicted octanol–water partition coefficient (Wildman–Crippen LogP) is 2.13. The van der Waals surface area contributed by atoms with Crippen LogP contribution in [0, 0.1) is 0 Å². The monoisotopic (exact) mass is 289 g/mol. The van der Waals surface area contributed by atoms with Gasteiger partial charge in [-0.15, -0.1) is 5.06 Å². The Morgan fingerprint density at radius 3 is 2.10 bits per heavy atom. The van der Waals surface area contributed by atoms with Gasteiger partial charge < -0.3 is 4.84 Å². The Kier molecular flexibility index (Phi) is 4.11. The van der Waals surface area contributed by atoms with Crippen molar-refractivity contribution in [2.75, 3.05) is 0 Å². The second-order valence-corrected chi connectivity index (χ2v) is 6.17. The third-order valence-electron chi connectivity index (χ3n) is 3.37. The van der Waals surface area contributed by atoms with Crippen molar-refractivity contribution in [3.8, 4) is 0 Å². The van der Waals surface area contributed by atoms with E-state index in [1.165, 1.54) is 5.56 Å². The van der Waals surface area contributed by atoms with Crippen molar-refractivity contribution < 1.29 is 19.2 Å². The first-order valence-corrected chi connectivity index (χ1v) is 6.93. The van der Waals surface area contributed by atoms with Crippen LogP contribution in [0.2, 0.25) is 0 Å². The van der Waals surface area contributed by atoms with Crippen LogP contribution in [0.5, 0.6) is 0 Å². The summed E-state index contributed by atoms with van der Waals surface area (Å²) in [5.41, 5.74) is 2.00. The van der Waals surface area contributed by atoms with Crippen molar-refractivity contribution in [1.29, 1.82) is 0 Å². The Hall–Kier alpha value is -2.17. The third kappa shape index (κ3) is 3.68. The van der Waals surface area contributed by atoms with Gasteiger partial charge in [-0.1, -0.05) is 45.0 Å². The maximum atomic E-state index is 11.8. The number of rotatable bonds is 3. The van der Waals surface area contributed by atoms with Gasteiger partial charge >= 0.3 is 5.97 Å². The van der Waals surface area contributed by atoms with E-state index < -0.39 is 17.8 Å². The molecule has 1 aromatic carbocycles. The summed E-state index contributed by atoms with van der Waals surface area (Å²) in [7, 11) is 0. The molecule has 2 amide bonds. The normalized spacial score (nSPS) is 15.5. The molecule has 0 atom stereocenters. The maximum Gasteiger partial charge on any atom is 0.337 e. The molecular formula is C16H19NO4. The minimum absolute atomic E-state index is 0.0292. The Morgan fingerprint density at radius 1 is 1.10 bits per heavy atom. The smallest absolute Gasteiger partial charge is 0.330 e. The second kappa shape index (κ2) is 5.68. The van der Waals surface area contributed by atoms with Crippen molar-refractivity contribution in [3.63, 3.8) is 0 Å². The van der Waals surface area contributed by atoms with Crippen molar-refractivity contribution in [3.05, 3.63) is 35.4 Å². The van der Waals surface area contributed by atoms with Gasteiger partial charge in [0, 0.05) is 12.8 Å². The van der Waals surface area contributed by atoms with Crippen LogP contribution in [0.3, 0.4) is 0 Å². The molecule has 21 heavy (non-hydrogen) atoms. The Morgan fingerprint density at radius 2 is 1.62 bits per heavy atom. The fourth-order valence-corrected chi connectivity index (χ4v) is 2.08. The lowest BCUT2D eigenvalue weighted by atomic mass is 9.86. The number of hydrogen-bond acceptors (Lipinski definition) is 4. The molecule has 0 saturated carbocycles. The van der Waals surface area contributed by atoms with Crippen LogP contribution in [0.4, 0.5) is 0 Å². The number of carbonyl (C=O) groups is 3. The van der Waals surface area contributed by atoms with E-state index in [4.69, 9.17) is 4.84 Å². The highest BCUT2D eigenvalue weighted by molar-refractivity contribution is 6.01. The van der Waals surface area contributed by atoms with E-state index in [0.29, 0.717) is 5.06 Å². The molecule has 1 aliphatic heterocycles. The van der Waals surface area contributed by atoms with E-state index in [1.54, 1.807) is 0 Å². The lowest BCUT2D eigenvalue weighted by molar-refractivity contribution is -0.197. The summed E-state index contributed by atoms with van der Waals surface area (Å²) in [6.45, 7) is 6.34. The summed E-state index contributed by atoms with van der Waals surface area (Å²) in [6.07, 6.45) is 0.236. The highest BCUT2D eigenvalue weighted by atomic mass is 16.7. The first kappa shape index (κ1) is 15.2. The fourth-order valence-electron chi connectivity index (χ4n) is 2.08. The van der Waals surface area contributed by atoms with Gasteiger partial charge in [-0.3, -0.25) is 9.59 Å². The molecule has 1 aromatic rings. The molecule has 0 unspecified atom stereocenters. The van der Waals surface area contributed by atoms with Crippen molar-refractivity contribution >= 4 is 17.8 Å². The Bertz CT molecular complexity index is 553. The maximum absolute atomic E-state index is 11.8. The molecule has 112 valence electrons. The molecular weight excluding hydrogens is 270 g/mol. The average molecular weight is 289 g/mol. The summed E-state index contributed by atoms with van der Waals surface area (Å²) >= 11 is 0. The Balaban J connectivity index is 1.97. The van der Waals surface area contributed by atoms with Crippen LogP contribution < -0.4 is 0 Å². The minimum Gasteiger partial charge on any atom is -0.330 e. The van der Waals surface area contributed by atoms with Crippen LogP contribution in [0.1, 0.15) is 44.7 Å². The molecule has 1 saturated heterocycles. The minimum atomic E-state index is -0.609. The fraction of sp³-hybridized carbons (Fsp3) is 0.438. The summed E-state index contributed by atoms with van der Waals surface area (Å²) in [5, 5.41) is 0.575. The van der Waals surface area contributed by atoms with Gasteiger partial charge in [-0.25, -0.2) is 4.79 Å². The zero-order valence-electron chi connectivity index (χ0n) is 12.5. The van der Waals surface area contributed by atoms with Gasteiger partial charge in [0.15, 0.2) is 0 Å². The number of carbonyl (C=O) groups excluding carboxylic acids is 3. The molecule has 0 spiro atoms. The van der Waals surface area contributed by atoms with E-state index in [0.717, 1.165) is 5.56 Å². The third-order valence-corrected chi connectivity index (χ3v) is 3.37. The number of imide groups is 1. The van der Waals surface area contributed by atoms with Crippen LogP contribution in [0.25, 0.3) is 0 Å². The van der Waals surface area contributed by atoms with Gasteiger partial charge in [0.2, 0.25) is 0 Å². The van der Waals surface area contributed by atoms with E-state index in [2.05, 4.69) is 20.8 Å². The molecule has 1 aliphatic rings. The highest BCUT2D eigenvalue weighted by Gasteiger charge is 2.32. The molecule has 1 fully saturated rings. The van der Waals surface area contributed by atoms with E-state index in [1.807, 2.05) is 24.3 Å². The largest absolute Gasteiger partial charge is 0.337 e. The molecule has 5 nitrogen and oxygen atoms in total. The topological polar surface area (TPSA) is 63.7 Å². The van der Waals surface area contributed by atoms with Crippen LogP contribution in [-0.2, 0) is 31.1 Å². The Labute approximate surface area is 123 Å². The lowest BCUT2D eigenvalue weighted by Gasteiger charge is -2.19. The van der Waals surface area contributed by atoms with Gasteiger partial charge in [-0.05, 0) is 16.5 Å². The number of nitrogens with zero attached hydrogens (tertiary/aromatic N) is 1. The molecule has 0 radical (unpaired) electrons. The van der Waals surface area contributed by atoms with Crippen molar-refractivity contribution in [2.45, 2.75) is 45.4 Å². The number of hydrogen-bond donors (Lipinski definition) is 0. The summed E-state index contributed by atoms with van der Waals surface area (Å²) in [6, 6.07) is 7.65. The molecule has 0 N–H and O–H groups in total. The van der Waals surface area contributed by atoms with Crippen molar-refractivity contribution in [2.24, 2.45) is 0 Å². The summed E-state index contributed by atoms with van der Waals surface area (Å²) < 4.78 is 0. The van der Waals surface area contributed by atoms with Gasteiger partial charge in [0.05, 0.1) is 6.42 Å². The summed E-state index contributed by atoms with van der Waals surface area (Å²) in [4.78, 5) is 39.3. The average Bonchev–Trinajstić information content (AvgIpc) is 2.70. The molecule has 0 bridgehead atoms. The molecule has 5 heteroatoms. The van der Waals surface area contributed by atoms with E-state index >= 15 is 0 Å². The lowest BCUT2D eigenvalue weighted by Crippen LogP contribution is -2.32. The molecule has 2 rings (SSSR count). The van der Waals surface area contributed by atoms with Crippen molar-refractivity contribution in [1.82, 2.24) is 5.06 Å². The predicted molar refractivity (Wildman–Crippen MR) is 76.0 cm³/mol. The van der Waals surface area contributed by atoms with Crippen LogP contribution in [-0.4, -0.2) is 22.8 Å². The van der Waals surface area contributed by atoms with Crippen LogP contribution in [0.15, 0.2) is 24.3 Å². The molecule has 1 heterocycles. The highest BCUT2D eigenvalue weighted by Crippen LogP contribution is 2.22. The molecule has 0 aliphatic carbocycles. The van der Waals surface area contributed by atoms with Gasteiger partial charge in [-0.2, -0.15) is 0 Å². The second-order valence-electron chi connectivity index (χ2n) is 6.17. The first-order chi connectivity index (χ1) is 9.77. The van der Waals surface area contributed by atoms with Gasteiger partial charge in [0.25, 0.3) is 11.8 Å². The van der Waals surface area contributed by atoms with Crippen LogP contribution >= 0.6 is 0 Å².